The summed E-state index contributed by atoms with van der Waals surface area (Å²) >= 11 is 0. The molecular formula is C22H28N2O4S. The summed E-state index contributed by atoms with van der Waals surface area (Å²) in [6.45, 7) is 1.93. The molecule has 2 aromatic rings. The lowest BCUT2D eigenvalue weighted by Crippen LogP contribution is -2.39. The van der Waals surface area contributed by atoms with Gasteiger partial charge in [-0.1, -0.05) is 42.5 Å². The topological polar surface area (TPSA) is 77.9 Å². The first-order chi connectivity index (χ1) is 13.7. The van der Waals surface area contributed by atoms with Gasteiger partial charge in [0.2, 0.25) is 5.91 Å². The first kappa shape index (κ1) is 21.5. The molecule has 1 amide bonds. The molecule has 0 aromatic heterocycles. The molecule has 0 saturated carbocycles. The minimum Gasteiger partial charge on any atom is -0.392 e. The van der Waals surface area contributed by atoms with Gasteiger partial charge in [0.15, 0.2) is 9.84 Å². The molecule has 0 radical (unpaired) electrons. The second-order valence-corrected chi connectivity index (χ2v) is 9.75. The van der Waals surface area contributed by atoms with Crippen molar-refractivity contribution in [3.05, 3.63) is 65.7 Å². The summed E-state index contributed by atoms with van der Waals surface area (Å²) in [7, 11) is -1.46. The summed E-state index contributed by atoms with van der Waals surface area (Å²) in [5.41, 5.74) is 1.90. The summed E-state index contributed by atoms with van der Waals surface area (Å²) in [5.74, 6) is -0.0298. The third-order valence-electron chi connectivity index (χ3n) is 5.40. The van der Waals surface area contributed by atoms with Crippen molar-refractivity contribution < 1.29 is 18.3 Å². The Morgan fingerprint density at radius 1 is 1.17 bits per heavy atom. The van der Waals surface area contributed by atoms with Crippen LogP contribution in [0.4, 0.5) is 0 Å². The molecule has 0 bridgehead atoms. The van der Waals surface area contributed by atoms with Crippen LogP contribution in [0.3, 0.4) is 0 Å². The van der Waals surface area contributed by atoms with Crippen molar-refractivity contribution >= 4 is 15.7 Å². The van der Waals surface area contributed by atoms with Crippen molar-refractivity contribution in [2.75, 3.05) is 32.9 Å². The highest BCUT2D eigenvalue weighted by Gasteiger charge is 2.29. The summed E-state index contributed by atoms with van der Waals surface area (Å²) < 4.78 is 23.2. The Balaban J connectivity index is 1.68. The highest BCUT2D eigenvalue weighted by Crippen LogP contribution is 2.26. The molecule has 1 heterocycles. The number of aliphatic hydroxyl groups is 1. The van der Waals surface area contributed by atoms with Gasteiger partial charge in [-0.2, -0.15) is 0 Å². The van der Waals surface area contributed by atoms with Crippen molar-refractivity contribution in [3.8, 4) is 0 Å². The van der Waals surface area contributed by atoms with Gasteiger partial charge in [-0.05, 0) is 29.7 Å². The highest BCUT2D eigenvalue weighted by molar-refractivity contribution is 7.90. The van der Waals surface area contributed by atoms with E-state index in [1.807, 2.05) is 18.2 Å². The minimum absolute atomic E-state index is 0.0231. The first-order valence-electron chi connectivity index (χ1n) is 9.74. The lowest BCUT2D eigenvalue weighted by atomic mass is 10.0. The molecular weight excluding hydrogens is 388 g/mol. The smallest absolute Gasteiger partial charge is 0.226 e. The number of likely N-dealkylation sites (tertiary alicyclic amines) is 1. The fraction of sp³-hybridized carbons (Fsp3) is 0.409. The number of rotatable bonds is 7. The van der Waals surface area contributed by atoms with E-state index in [2.05, 4.69) is 17.0 Å². The van der Waals surface area contributed by atoms with Gasteiger partial charge in [0.25, 0.3) is 0 Å². The molecule has 7 heteroatoms. The van der Waals surface area contributed by atoms with E-state index in [4.69, 9.17) is 0 Å². The molecule has 1 saturated heterocycles. The zero-order chi connectivity index (χ0) is 21.0. The Kier molecular flexibility index (Phi) is 6.72. The number of carbonyl (C=O) groups excluding carboxylic acids is 1. The third-order valence-corrected chi connectivity index (χ3v) is 6.53. The van der Waals surface area contributed by atoms with Gasteiger partial charge in [-0.15, -0.1) is 0 Å². The van der Waals surface area contributed by atoms with E-state index in [0.29, 0.717) is 13.1 Å². The lowest BCUT2D eigenvalue weighted by molar-refractivity contribution is -0.129. The Morgan fingerprint density at radius 2 is 1.83 bits per heavy atom. The van der Waals surface area contributed by atoms with E-state index in [0.717, 1.165) is 24.1 Å². The number of β-amino-alcohol motifs (C(OH)–C–C–N with tert-alkyl or cyclic N) is 1. The van der Waals surface area contributed by atoms with Crippen LogP contribution < -0.4 is 0 Å². The largest absolute Gasteiger partial charge is 0.392 e. The van der Waals surface area contributed by atoms with Crippen LogP contribution in [-0.4, -0.2) is 68.3 Å². The molecule has 2 atom stereocenters. The second-order valence-electron chi connectivity index (χ2n) is 7.73. The standard InChI is InChI=1S/C22H28N2O4S/c1-23(22(26)14-17-8-10-20(11-9-17)29(2,27)28)16-21(18-6-4-3-5-7-18)24-13-12-19(25)15-24/h3-11,19,21,25H,12-16H2,1-2H3/t19-,21-/m0/s1. The molecule has 0 aliphatic carbocycles. The predicted molar refractivity (Wildman–Crippen MR) is 112 cm³/mol. The van der Waals surface area contributed by atoms with Crippen molar-refractivity contribution in [2.45, 2.75) is 29.9 Å². The summed E-state index contributed by atoms with van der Waals surface area (Å²) in [5, 5.41) is 9.95. The van der Waals surface area contributed by atoms with Crippen molar-refractivity contribution in [1.82, 2.24) is 9.80 Å². The van der Waals surface area contributed by atoms with E-state index in [9.17, 15) is 18.3 Å². The molecule has 156 valence electrons. The van der Waals surface area contributed by atoms with Gasteiger partial charge in [0, 0.05) is 32.9 Å². The average Bonchev–Trinajstić information content (AvgIpc) is 3.12. The molecule has 1 fully saturated rings. The summed E-state index contributed by atoms with van der Waals surface area (Å²) in [6.07, 6.45) is 1.80. The highest BCUT2D eigenvalue weighted by atomic mass is 32.2. The lowest BCUT2D eigenvalue weighted by Gasteiger charge is -2.32. The molecule has 1 aliphatic heterocycles. The number of hydrogen-bond acceptors (Lipinski definition) is 5. The van der Waals surface area contributed by atoms with Gasteiger partial charge in [0.05, 0.1) is 23.5 Å². The van der Waals surface area contributed by atoms with E-state index in [1.165, 1.54) is 18.4 Å². The van der Waals surface area contributed by atoms with Crippen LogP contribution >= 0.6 is 0 Å². The van der Waals surface area contributed by atoms with Crippen LogP contribution in [0.2, 0.25) is 0 Å². The van der Waals surface area contributed by atoms with Gasteiger partial charge < -0.3 is 10.0 Å². The van der Waals surface area contributed by atoms with Gasteiger partial charge in [-0.25, -0.2) is 8.42 Å². The molecule has 1 N–H and O–H groups in total. The van der Waals surface area contributed by atoms with Crippen LogP contribution in [-0.2, 0) is 21.1 Å². The van der Waals surface area contributed by atoms with E-state index in [1.54, 1.807) is 24.1 Å². The number of sulfone groups is 1. The molecule has 2 aromatic carbocycles. The third kappa shape index (κ3) is 5.65. The van der Waals surface area contributed by atoms with Crippen LogP contribution in [0, 0.1) is 0 Å². The van der Waals surface area contributed by atoms with Crippen LogP contribution in [0.5, 0.6) is 0 Å². The Morgan fingerprint density at radius 3 is 2.38 bits per heavy atom. The predicted octanol–water partition coefficient (Wildman–Crippen LogP) is 1.90. The number of aliphatic hydroxyl groups excluding tert-OH is 1. The van der Waals surface area contributed by atoms with E-state index >= 15 is 0 Å². The zero-order valence-corrected chi connectivity index (χ0v) is 17.7. The zero-order valence-electron chi connectivity index (χ0n) is 16.9. The SMILES string of the molecule is CN(C[C@@H](c1ccccc1)N1CC[C@H](O)C1)C(=O)Cc1ccc(S(C)(=O)=O)cc1. The Labute approximate surface area is 172 Å². The fourth-order valence-corrected chi connectivity index (χ4v) is 4.31. The fourth-order valence-electron chi connectivity index (χ4n) is 3.68. The maximum Gasteiger partial charge on any atom is 0.226 e. The molecule has 0 spiro atoms. The maximum absolute atomic E-state index is 12.8. The number of nitrogens with zero attached hydrogens (tertiary/aromatic N) is 2. The Hall–Kier alpha value is -2.22. The van der Waals surface area contributed by atoms with E-state index in [-0.39, 0.29) is 29.4 Å². The second kappa shape index (κ2) is 9.07. The summed E-state index contributed by atoms with van der Waals surface area (Å²) in [4.78, 5) is 17.0. The van der Waals surface area contributed by atoms with Crippen molar-refractivity contribution in [2.24, 2.45) is 0 Å². The normalized spacial score (nSPS) is 18.5. The van der Waals surface area contributed by atoms with Gasteiger partial charge >= 0.3 is 0 Å². The molecule has 29 heavy (non-hydrogen) atoms. The average molecular weight is 417 g/mol. The number of likely N-dealkylation sites (N-methyl/N-ethyl adjacent to an activating group) is 1. The molecule has 0 unspecified atom stereocenters. The molecule has 1 aliphatic rings. The molecule has 3 rings (SSSR count). The van der Waals surface area contributed by atoms with Crippen molar-refractivity contribution in [3.63, 3.8) is 0 Å². The van der Waals surface area contributed by atoms with Gasteiger partial charge in [0.1, 0.15) is 0 Å². The first-order valence-corrected chi connectivity index (χ1v) is 11.6. The van der Waals surface area contributed by atoms with E-state index < -0.39 is 9.84 Å². The number of hydrogen-bond donors (Lipinski definition) is 1. The monoisotopic (exact) mass is 416 g/mol. The van der Waals surface area contributed by atoms with Crippen LogP contribution in [0.1, 0.15) is 23.6 Å². The maximum atomic E-state index is 12.8. The number of benzene rings is 2. The quantitative estimate of drug-likeness (QED) is 0.746. The molecule has 6 nitrogen and oxygen atoms in total. The van der Waals surface area contributed by atoms with Crippen molar-refractivity contribution in [1.29, 1.82) is 0 Å². The number of carbonyl (C=O) groups is 1. The van der Waals surface area contributed by atoms with Crippen LogP contribution in [0.15, 0.2) is 59.5 Å². The van der Waals surface area contributed by atoms with Crippen LogP contribution in [0.25, 0.3) is 0 Å². The minimum atomic E-state index is -3.25. The summed E-state index contributed by atoms with van der Waals surface area (Å²) in [6, 6.07) is 16.5. The van der Waals surface area contributed by atoms with Gasteiger partial charge in [-0.3, -0.25) is 9.69 Å². The Bertz CT molecular complexity index is 929. The number of amides is 1.